The van der Waals surface area contributed by atoms with E-state index in [0.29, 0.717) is 58.2 Å². The van der Waals surface area contributed by atoms with Crippen molar-refractivity contribution in [3.05, 3.63) is 94.6 Å². The second-order valence-corrected chi connectivity index (χ2v) is 10.6. The van der Waals surface area contributed by atoms with E-state index >= 15 is 0 Å². The summed E-state index contributed by atoms with van der Waals surface area (Å²) in [5.41, 5.74) is 2.00. The van der Waals surface area contributed by atoms with Crippen LogP contribution in [-0.2, 0) is 14.3 Å². The molecular weight excluding hydrogens is 553 g/mol. The number of halogens is 1. The van der Waals surface area contributed by atoms with E-state index in [-0.39, 0.29) is 18.4 Å². The fourth-order valence-corrected chi connectivity index (χ4v) is 5.37. The maximum Gasteiger partial charge on any atom is 0.270 e. The first-order chi connectivity index (χ1) is 19.4. The Morgan fingerprint density at radius 2 is 1.77 bits per heavy atom. The minimum Gasteiger partial charge on any atom is -0.484 e. The van der Waals surface area contributed by atoms with E-state index in [2.05, 4.69) is 5.32 Å². The molecule has 0 bridgehead atoms. The first-order valence-corrected chi connectivity index (χ1v) is 13.6. The number of thioether (sulfide) groups is 1. The number of hydrogen-bond donors (Lipinski definition) is 1. The Morgan fingerprint density at radius 3 is 2.50 bits per heavy atom. The molecule has 2 saturated heterocycles. The topological polar surface area (TPSA) is 88.2 Å². The lowest BCUT2D eigenvalue weighted by molar-refractivity contribution is -0.137. The smallest absolute Gasteiger partial charge is 0.270 e. The number of nitrogens with one attached hydrogen (secondary N) is 1. The van der Waals surface area contributed by atoms with Gasteiger partial charge in [0, 0.05) is 24.3 Å². The monoisotopic (exact) mass is 577 g/mol. The third kappa shape index (κ3) is 6.56. The van der Waals surface area contributed by atoms with Crippen LogP contribution in [0.15, 0.2) is 77.7 Å². The zero-order chi connectivity index (χ0) is 28.1. The van der Waals surface area contributed by atoms with Crippen molar-refractivity contribution < 1.29 is 28.2 Å². The molecule has 11 heteroatoms. The molecule has 1 N–H and O–H groups in total. The molecule has 2 aliphatic heterocycles. The molecular formula is C29H24FN3O5S2. The second kappa shape index (κ2) is 12.4. The Hall–Kier alpha value is -4.06. The van der Waals surface area contributed by atoms with Crippen molar-refractivity contribution in [3.8, 4) is 5.75 Å². The standard InChI is InChI=1S/C29H24FN3O5S2/c30-21-6-8-22(9-7-21)31-27(35)20-2-1-3-23(17-20)33-28(36)25(40-29(33)39)16-19-4-10-24(11-5-19)38-18-26(34)32-12-14-37-15-13-32/h1-11,16-17H,12-15,18H2,(H,31,35)/b25-16+. The molecule has 2 heterocycles. The highest BCUT2D eigenvalue weighted by Gasteiger charge is 2.33. The van der Waals surface area contributed by atoms with E-state index in [1.165, 1.54) is 40.9 Å². The highest BCUT2D eigenvalue weighted by molar-refractivity contribution is 8.27. The van der Waals surface area contributed by atoms with Gasteiger partial charge < -0.3 is 19.7 Å². The third-order valence-corrected chi connectivity index (χ3v) is 7.47. The van der Waals surface area contributed by atoms with E-state index in [0.717, 1.165) is 5.56 Å². The normalized spacial score (nSPS) is 16.4. The van der Waals surface area contributed by atoms with Crippen LogP contribution in [0.2, 0.25) is 0 Å². The molecule has 0 atom stereocenters. The van der Waals surface area contributed by atoms with Gasteiger partial charge in [0.2, 0.25) is 0 Å². The lowest BCUT2D eigenvalue weighted by atomic mass is 10.1. The van der Waals surface area contributed by atoms with Gasteiger partial charge in [-0.05, 0) is 66.2 Å². The predicted molar refractivity (Wildman–Crippen MR) is 156 cm³/mol. The fraction of sp³-hybridized carbons (Fsp3) is 0.172. The van der Waals surface area contributed by atoms with Gasteiger partial charge in [-0.3, -0.25) is 19.3 Å². The average molecular weight is 578 g/mol. The number of carbonyl (C=O) groups is 3. The SMILES string of the molecule is O=C(Nc1ccc(F)cc1)c1cccc(N2C(=O)/C(=C\c3ccc(OCC(=O)N4CCOCC4)cc3)SC2=S)c1. The van der Waals surface area contributed by atoms with Crippen molar-refractivity contribution in [2.75, 3.05) is 43.1 Å². The number of hydrogen-bond acceptors (Lipinski definition) is 7. The summed E-state index contributed by atoms with van der Waals surface area (Å²) in [5.74, 6) is -0.649. The zero-order valence-electron chi connectivity index (χ0n) is 21.2. The van der Waals surface area contributed by atoms with Crippen molar-refractivity contribution in [2.24, 2.45) is 0 Å². The van der Waals surface area contributed by atoms with Crippen molar-refractivity contribution in [3.63, 3.8) is 0 Å². The summed E-state index contributed by atoms with van der Waals surface area (Å²) in [6, 6.07) is 19.1. The Morgan fingerprint density at radius 1 is 1.05 bits per heavy atom. The number of anilines is 2. The van der Waals surface area contributed by atoms with Crippen LogP contribution in [0.3, 0.4) is 0 Å². The highest BCUT2D eigenvalue weighted by atomic mass is 32.2. The average Bonchev–Trinajstić information content (AvgIpc) is 3.26. The van der Waals surface area contributed by atoms with Gasteiger partial charge in [-0.25, -0.2) is 4.39 Å². The molecule has 0 radical (unpaired) electrons. The van der Waals surface area contributed by atoms with E-state index < -0.39 is 11.7 Å². The number of ether oxygens (including phenoxy) is 2. The first kappa shape index (κ1) is 27.5. The molecule has 0 spiro atoms. The molecule has 3 aromatic rings. The second-order valence-electron chi connectivity index (χ2n) is 8.88. The number of nitrogens with zero attached hydrogens (tertiary/aromatic N) is 2. The maximum absolute atomic E-state index is 13.3. The van der Waals surface area contributed by atoms with Gasteiger partial charge >= 0.3 is 0 Å². The summed E-state index contributed by atoms with van der Waals surface area (Å²) in [4.78, 5) is 41.8. The first-order valence-electron chi connectivity index (χ1n) is 12.4. The summed E-state index contributed by atoms with van der Waals surface area (Å²) in [6.07, 6.45) is 1.73. The number of carbonyl (C=O) groups excluding carboxylic acids is 3. The minimum absolute atomic E-state index is 0.0566. The number of thiocarbonyl (C=S) groups is 1. The van der Waals surface area contributed by atoms with Crippen LogP contribution in [0, 0.1) is 5.82 Å². The molecule has 3 amide bonds. The van der Waals surface area contributed by atoms with Crippen LogP contribution in [0.4, 0.5) is 15.8 Å². The van der Waals surface area contributed by atoms with E-state index in [1.54, 1.807) is 59.5 Å². The van der Waals surface area contributed by atoms with Crippen molar-refractivity contribution in [1.29, 1.82) is 0 Å². The Labute approximate surface area is 239 Å². The van der Waals surface area contributed by atoms with Gasteiger partial charge in [0.1, 0.15) is 11.6 Å². The molecule has 2 fully saturated rings. The molecule has 204 valence electrons. The van der Waals surface area contributed by atoms with E-state index in [1.807, 2.05) is 0 Å². The largest absolute Gasteiger partial charge is 0.484 e. The van der Waals surface area contributed by atoms with Gasteiger partial charge in [-0.1, -0.05) is 42.2 Å². The molecule has 0 unspecified atom stereocenters. The summed E-state index contributed by atoms with van der Waals surface area (Å²) in [7, 11) is 0. The molecule has 40 heavy (non-hydrogen) atoms. The summed E-state index contributed by atoms with van der Waals surface area (Å²) >= 11 is 6.64. The lowest BCUT2D eigenvalue weighted by Gasteiger charge is -2.26. The van der Waals surface area contributed by atoms with Crippen LogP contribution < -0.4 is 15.0 Å². The minimum atomic E-state index is -0.400. The number of morpholine rings is 1. The van der Waals surface area contributed by atoms with Gasteiger partial charge in [-0.15, -0.1) is 0 Å². The molecule has 2 aliphatic rings. The fourth-order valence-electron chi connectivity index (χ4n) is 4.07. The van der Waals surface area contributed by atoms with E-state index in [9.17, 15) is 18.8 Å². The van der Waals surface area contributed by atoms with Crippen molar-refractivity contribution in [1.82, 2.24) is 4.90 Å². The van der Waals surface area contributed by atoms with Gasteiger partial charge in [0.15, 0.2) is 10.9 Å². The number of benzene rings is 3. The molecule has 5 rings (SSSR count). The molecule has 0 aliphatic carbocycles. The highest BCUT2D eigenvalue weighted by Crippen LogP contribution is 2.36. The van der Waals surface area contributed by atoms with Crippen LogP contribution in [0.5, 0.6) is 5.75 Å². The molecule has 8 nitrogen and oxygen atoms in total. The number of rotatable bonds is 7. The Balaban J connectivity index is 1.23. The quantitative estimate of drug-likeness (QED) is 0.321. The van der Waals surface area contributed by atoms with Crippen molar-refractivity contribution >= 4 is 63.5 Å². The third-order valence-electron chi connectivity index (χ3n) is 6.17. The Bertz CT molecular complexity index is 1470. The summed E-state index contributed by atoms with van der Waals surface area (Å²) in [5, 5.41) is 2.71. The van der Waals surface area contributed by atoms with E-state index in [4.69, 9.17) is 21.7 Å². The summed E-state index contributed by atoms with van der Waals surface area (Å²) < 4.78 is 24.4. The summed E-state index contributed by atoms with van der Waals surface area (Å²) in [6.45, 7) is 2.13. The van der Waals surface area contributed by atoms with Crippen molar-refractivity contribution in [2.45, 2.75) is 0 Å². The van der Waals surface area contributed by atoms with Gasteiger partial charge in [-0.2, -0.15) is 0 Å². The Kier molecular flexibility index (Phi) is 8.54. The molecule has 0 aromatic heterocycles. The van der Waals surface area contributed by atoms with Crippen LogP contribution in [-0.4, -0.2) is 59.9 Å². The van der Waals surface area contributed by atoms with Gasteiger partial charge in [0.25, 0.3) is 17.7 Å². The zero-order valence-corrected chi connectivity index (χ0v) is 22.8. The van der Waals surface area contributed by atoms with Crippen LogP contribution in [0.25, 0.3) is 6.08 Å². The predicted octanol–water partition coefficient (Wildman–Crippen LogP) is 4.72. The number of amides is 3. The molecule has 3 aromatic carbocycles. The lowest BCUT2D eigenvalue weighted by Crippen LogP contribution is -2.42. The molecule has 0 saturated carbocycles. The van der Waals surface area contributed by atoms with Gasteiger partial charge in [0.05, 0.1) is 23.8 Å². The van der Waals surface area contributed by atoms with Crippen LogP contribution >= 0.6 is 24.0 Å². The van der Waals surface area contributed by atoms with Crippen LogP contribution in [0.1, 0.15) is 15.9 Å². The maximum atomic E-state index is 13.3.